The second kappa shape index (κ2) is 37.1. The van der Waals surface area contributed by atoms with Crippen molar-refractivity contribution < 1.29 is 95.8 Å². The number of aryl methyl sites for hydroxylation is 2. The summed E-state index contributed by atoms with van der Waals surface area (Å²) in [5.41, 5.74) is 4.41. The molecule has 17 heteroatoms. The van der Waals surface area contributed by atoms with Gasteiger partial charge in [0.15, 0.2) is 0 Å². The van der Waals surface area contributed by atoms with E-state index in [1.807, 2.05) is 0 Å². The molecule has 11 nitrogen and oxygen atoms in total. The third-order valence-electron chi connectivity index (χ3n) is 9.17. The summed E-state index contributed by atoms with van der Waals surface area (Å²) in [5, 5.41) is 0. The fourth-order valence-electron chi connectivity index (χ4n) is 6.18. The summed E-state index contributed by atoms with van der Waals surface area (Å²) in [7, 11) is 8.90. The van der Waals surface area contributed by atoms with E-state index in [1.54, 1.807) is 21.0 Å². The fourth-order valence-corrected chi connectivity index (χ4v) is 6.18. The molecule has 60 heavy (non-hydrogen) atoms. The molecule has 0 spiro atoms. The number of hydrogen-bond acceptors (Lipinski definition) is 7. The van der Waals surface area contributed by atoms with E-state index in [1.165, 1.54) is 51.4 Å². The molecule has 0 atom stereocenters. The number of hydrogen-bond donors (Lipinski definition) is 0. The Morgan fingerprint density at radius 2 is 0.883 bits per heavy atom. The molecule has 0 unspecified atom stereocenters. The molecule has 0 aliphatic carbocycles. The molecule has 2 aliphatic heterocycles. The number of halogens is 2. The van der Waals surface area contributed by atoms with Crippen molar-refractivity contribution in [2.24, 2.45) is 0 Å². The van der Waals surface area contributed by atoms with Crippen LogP contribution < -0.4 is 9.13 Å². The molecular weight excluding hydrogens is 1170 g/mol. The molecule has 1 radical (unpaired) electrons. The average molecular weight is 1240 g/mol. The molecule has 0 saturated heterocycles. The van der Waals surface area contributed by atoms with Gasteiger partial charge in [0.1, 0.15) is 37.9 Å². The summed E-state index contributed by atoms with van der Waals surface area (Å²) in [5.74, 6) is 0. The molecule has 6 rings (SSSR count). The second-order valence-electron chi connectivity index (χ2n) is 13.9. The van der Waals surface area contributed by atoms with Crippen LogP contribution in [0.1, 0.15) is 109 Å². The van der Waals surface area contributed by atoms with Crippen LogP contribution in [-0.2, 0) is 126 Å². The van der Waals surface area contributed by atoms with E-state index < -0.39 is 0 Å². The molecule has 0 bridgehead atoms. The van der Waals surface area contributed by atoms with Crippen LogP contribution in [0.15, 0.2) is 98.6 Å². The van der Waals surface area contributed by atoms with Crippen molar-refractivity contribution >= 4 is 18.4 Å². The Morgan fingerprint density at radius 1 is 0.550 bits per heavy atom. The molecule has 4 aromatic heterocycles. The fraction of sp³-hybridized carbons (Fsp3) is 0.488. The van der Waals surface area contributed by atoms with Crippen LogP contribution in [0.2, 0.25) is 0 Å². The zero-order valence-corrected chi connectivity index (χ0v) is 42.0. The molecular formula is C43H66Ag4Cl2N10O. The summed E-state index contributed by atoms with van der Waals surface area (Å²) in [4.78, 5) is 18.6. The summed E-state index contributed by atoms with van der Waals surface area (Å²) >= 11 is 6.54. The van der Waals surface area contributed by atoms with Gasteiger partial charge in [-0.2, -0.15) is 13.3 Å². The van der Waals surface area contributed by atoms with Crippen molar-refractivity contribution in [2.75, 3.05) is 13.1 Å². The van der Waals surface area contributed by atoms with Gasteiger partial charge in [0.05, 0.1) is 35.9 Å². The van der Waals surface area contributed by atoms with Gasteiger partial charge >= 0.3 is 82.6 Å². The molecule has 2 aliphatic rings. The Bertz CT molecular complexity index is 1600. The quantitative estimate of drug-likeness (QED) is 0.0498. The molecule has 0 saturated carbocycles. The number of rotatable bonds is 20. The van der Waals surface area contributed by atoms with Gasteiger partial charge in [-0.15, -0.1) is 0 Å². The van der Waals surface area contributed by atoms with Gasteiger partial charge in [-0.1, -0.05) is 72.9 Å². The molecule has 0 fully saturated rings. The van der Waals surface area contributed by atoms with Crippen molar-refractivity contribution in [1.82, 2.24) is 38.7 Å². The van der Waals surface area contributed by atoms with E-state index >= 15 is 0 Å². The molecule has 0 amide bonds. The second-order valence-corrected chi connectivity index (χ2v) is 13.9. The first-order valence-corrected chi connectivity index (χ1v) is 24.4. The van der Waals surface area contributed by atoms with Gasteiger partial charge in [-0.25, -0.2) is 23.3 Å². The summed E-state index contributed by atoms with van der Waals surface area (Å²) in [6.45, 7) is 20.8. The van der Waals surface area contributed by atoms with Gasteiger partial charge in [-0.3, -0.25) is 4.98 Å². The van der Waals surface area contributed by atoms with E-state index in [0.717, 1.165) is 75.1 Å². The van der Waals surface area contributed by atoms with Crippen LogP contribution in [0, 0.1) is 13.3 Å². The zero-order chi connectivity index (χ0) is 42.4. The van der Waals surface area contributed by atoms with Crippen LogP contribution in [0.4, 0.5) is 0 Å². The van der Waals surface area contributed by atoms with Crippen LogP contribution in [0.25, 0.3) is 0 Å². The Balaban J connectivity index is 0.00000100. The van der Waals surface area contributed by atoms with E-state index in [9.17, 15) is 0 Å². The third kappa shape index (κ3) is 23.4. The minimum atomic E-state index is 0. The standard InChI is InChI=1S/2C21H31N5.CH4.4Ag.2ClH.O/c2*1-3-5-10-23-12-14-25(18-23)16-20-8-7-9-21(22-20)17-26-15-13-24(19-26)11-6-4-2;;;;;;;;/h2*7-9,12-15,18-19H,3-6,10-11,16-17H2,1-2H3;1H4;;;;;2*1H;/q-2;+2;;;;2*+1;;;/p-2. The molecule has 4 aromatic rings. The Hall–Kier alpha value is -1.26. The number of pyridine rings is 2. The summed E-state index contributed by atoms with van der Waals surface area (Å²) in [6, 6.07) is 12.7. The van der Waals surface area contributed by atoms with Crippen molar-refractivity contribution in [1.29, 1.82) is 0 Å². The van der Waals surface area contributed by atoms with Crippen molar-refractivity contribution in [2.45, 2.75) is 126 Å². The van der Waals surface area contributed by atoms with Gasteiger partial charge in [-0.05, 0) is 87.8 Å². The van der Waals surface area contributed by atoms with Crippen LogP contribution >= 0.6 is 18.4 Å². The normalized spacial score (nSPS) is 12.3. The molecule has 6 heterocycles. The van der Waals surface area contributed by atoms with Crippen molar-refractivity contribution in [3.8, 4) is 0 Å². The minimum absolute atomic E-state index is 0. The predicted molar refractivity (Wildman–Crippen MR) is 226 cm³/mol. The number of aromatic nitrogens is 6. The van der Waals surface area contributed by atoms with Crippen LogP contribution in [0.5, 0.6) is 0 Å². The monoisotopic (exact) mass is 1240 g/mol. The average Bonchev–Trinajstić information content (AvgIpc) is 4.10. The first-order chi connectivity index (χ1) is 28.5. The number of nitrogens with zero attached hydrogens (tertiary/aromatic N) is 10. The topological polar surface area (TPSA) is 73.4 Å². The maximum absolute atomic E-state index is 8.06. The molecule has 0 aromatic carbocycles. The molecule has 352 valence electrons. The Morgan fingerprint density at radius 3 is 1.27 bits per heavy atom. The first kappa shape index (κ1) is 58.7. The SMILES string of the molecule is C.CCCCN1C=CN(Cc2cccc(CN3C=CN(CCCC)[CH-]3)n2)[CH-]1.CCCCn1cc[n+](Cc2cccc(C[n+]3ccn(CCCC)c3)n2)c1.[Ag].[Cl][Ag].[Cl][Ag].[O]=[Ag]. The number of imidazole rings is 2. The van der Waals surface area contributed by atoms with E-state index in [2.05, 4.69) is 236 Å². The van der Waals surface area contributed by atoms with Crippen LogP contribution in [0.3, 0.4) is 0 Å². The van der Waals surface area contributed by atoms with E-state index in [-0.39, 0.29) is 29.8 Å². The van der Waals surface area contributed by atoms with Gasteiger partial charge in [0.25, 0.3) is 0 Å². The van der Waals surface area contributed by atoms with Gasteiger partial charge in [0, 0.05) is 35.5 Å². The Kier molecular flexibility index (Phi) is 36.4. The van der Waals surface area contributed by atoms with E-state index in [4.69, 9.17) is 13.2 Å². The maximum atomic E-state index is 8.06. The first-order valence-electron chi connectivity index (χ1n) is 20.0. The van der Waals surface area contributed by atoms with E-state index in [0.29, 0.717) is 0 Å². The molecule has 0 N–H and O–H groups in total. The predicted octanol–water partition coefficient (Wildman–Crippen LogP) is 8.94. The van der Waals surface area contributed by atoms with Crippen molar-refractivity contribution in [3.63, 3.8) is 0 Å². The summed E-state index contributed by atoms with van der Waals surface area (Å²) < 4.78 is 17.0. The Labute approximate surface area is 422 Å². The summed E-state index contributed by atoms with van der Waals surface area (Å²) in [6.07, 6.45) is 31.2. The van der Waals surface area contributed by atoms with Gasteiger partial charge in [0.2, 0.25) is 12.7 Å². The third-order valence-corrected chi connectivity index (χ3v) is 9.17. The van der Waals surface area contributed by atoms with Gasteiger partial charge < -0.3 is 19.6 Å². The zero-order valence-electron chi connectivity index (χ0n) is 34.5. The van der Waals surface area contributed by atoms with Crippen molar-refractivity contribution in [3.05, 3.63) is 135 Å². The van der Waals surface area contributed by atoms with Crippen LogP contribution in [-0.4, -0.2) is 51.8 Å². The number of unbranched alkanes of at least 4 members (excludes halogenated alkanes) is 4.